The van der Waals surface area contributed by atoms with Crippen LogP contribution in [0.3, 0.4) is 0 Å². The molecule has 0 aromatic carbocycles. The molecule has 2 atom stereocenters. The molecule has 6 heteroatoms. The highest BCUT2D eigenvalue weighted by Gasteiger charge is 2.14. The average molecular weight is 201 g/mol. The Balaban J connectivity index is 2.39. The standard InChI is InChI=1S/C7H13BNO3P/c8-7-1-3-9-5-6(12-7)2-4-13(10)11/h2,4,6-7,9-11H,1,3,5H2/b4-2+. The Labute approximate surface area is 80.3 Å². The first-order chi connectivity index (χ1) is 6.18. The van der Waals surface area contributed by atoms with Crippen LogP contribution < -0.4 is 5.32 Å². The Morgan fingerprint density at radius 2 is 2.31 bits per heavy atom. The third-order valence-corrected chi connectivity index (χ3v) is 2.17. The van der Waals surface area contributed by atoms with Crippen LogP contribution in [0.4, 0.5) is 0 Å². The van der Waals surface area contributed by atoms with Crippen LogP contribution in [-0.2, 0) is 4.74 Å². The maximum absolute atomic E-state index is 8.65. The van der Waals surface area contributed by atoms with Crippen LogP contribution in [0, 0.1) is 0 Å². The first kappa shape index (κ1) is 11.2. The van der Waals surface area contributed by atoms with E-state index in [2.05, 4.69) is 5.32 Å². The minimum atomic E-state index is -1.98. The van der Waals surface area contributed by atoms with Crippen molar-refractivity contribution in [3.8, 4) is 0 Å². The number of ether oxygens (including phenoxy) is 1. The van der Waals surface area contributed by atoms with Gasteiger partial charge in [-0.15, -0.1) is 0 Å². The summed E-state index contributed by atoms with van der Waals surface area (Å²) < 4.78 is 5.38. The predicted molar refractivity (Wildman–Crippen MR) is 52.4 cm³/mol. The monoisotopic (exact) mass is 201 g/mol. The lowest BCUT2D eigenvalue weighted by atomic mass is 9.97. The molecule has 2 unspecified atom stereocenters. The molecule has 0 aromatic rings. The van der Waals surface area contributed by atoms with Crippen LogP contribution in [0.25, 0.3) is 0 Å². The van der Waals surface area contributed by atoms with Crippen molar-refractivity contribution in [3.63, 3.8) is 0 Å². The largest absolute Gasteiger partial charge is 0.379 e. The minimum absolute atomic E-state index is 0.165. The summed E-state index contributed by atoms with van der Waals surface area (Å²) in [4.78, 5) is 17.3. The topological polar surface area (TPSA) is 61.7 Å². The van der Waals surface area contributed by atoms with E-state index in [1.54, 1.807) is 6.08 Å². The minimum Gasteiger partial charge on any atom is -0.379 e. The van der Waals surface area contributed by atoms with Crippen molar-refractivity contribution in [2.24, 2.45) is 0 Å². The Morgan fingerprint density at radius 1 is 1.54 bits per heavy atom. The molecular weight excluding hydrogens is 188 g/mol. The molecule has 1 saturated heterocycles. The summed E-state index contributed by atoms with van der Waals surface area (Å²) in [6.45, 7) is 1.49. The van der Waals surface area contributed by atoms with Crippen LogP contribution in [0.2, 0.25) is 0 Å². The van der Waals surface area contributed by atoms with Gasteiger partial charge in [-0.25, -0.2) is 0 Å². The van der Waals surface area contributed by atoms with Crippen LogP contribution >= 0.6 is 8.38 Å². The number of rotatable bonds is 2. The summed E-state index contributed by atoms with van der Waals surface area (Å²) in [7, 11) is 3.64. The van der Waals surface area contributed by atoms with Gasteiger partial charge in [0.1, 0.15) is 7.85 Å². The smallest absolute Gasteiger partial charge is 0.191 e. The van der Waals surface area contributed by atoms with Crippen LogP contribution in [0.1, 0.15) is 6.42 Å². The van der Waals surface area contributed by atoms with E-state index >= 15 is 0 Å². The molecule has 1 fully saturated rings. The van der Waals surface area contributed by atoms with Gasteiger partial charge in [-0.2, -0.15) is 0 Å². The molecule has 1 heterocycles. The molecule has 0 aliphatic carbocycles. The normalized spacial score (nSPS) is 31.0. The van der Waals surface area contributed by atoms with Crippen molar-refractivity contribution in [3.05, 3.63) is 11.9 Å². The van der Waals surface area contributed by atoms with E-state index in [9.17, 15) is 0 Å². The summed E-state index contributed by atoms with van der Waals surface area (Å²) in [5, 5.41) is 3.14. The molecule has 0 amide bonds. The molecule has 0 aromatic heterocycles. The molecule has 3 N–H and O–H groups in total. The van der Waals surface area contributed by atoms with Crippen molar-refractivity contribution in [1.82, 2.24) is 5.32 Å². The molecule has 1 aliphatic heterocycles. The van der Waals surface area contributed by atoms with E-state index in [0.717, 1.165) is 13.0 Å². The SMILES string of the molecule is [B]C1CCNCC(/C=C/P(O)O)O1. The van der Waals surface area contributed by atoms with Crippen molar-refractivity contribution in [2.75, 3.05) is 13.1 Å². The summed E-state index contributed by atoms with van der Waals surface area (Å²) in [6, 6.07) is -0.270. The van der Waals surface area contributed by atoms with Crippen molar-refractivity contribution >= 4 is 16.2 Å². The molecule has 13 heavy (non-hydrogen) atoms. The van der Waals surface area contributed by atoms with Gasteiger partial charge >= 0.3 is 0 Å². The van der Waals surface area contributed by atoms with Gasteiger partial charge in [-0.05, 0) is 24.9 Å². The van der Waals surface area contributed by atoms with Gasteiger partial charge in [0.15, 0.2) is 8.38 Å². The fourth-order valence-corrected chi connectivity index (χ4v) is 1.46. The first-order valence-corrected chi connectivity index (χ1v) is 5.47. The second-order valence-electron chi connectivity index (χ2n) is 2.87. The fourth-order valence-electron chi connectivity index (χ4n) is 1.12. The lowest BCUT2D eigenvalue weighted by Gasteiger charge is -2.15. The Morgan fingerprint density at radius 3 is 3.00 bits per heavy atom. The Bertz CT molecular complexity index is 179. The second-order valence-corrected chi connectivity index (χ2v) is 3.81. The van der Waals surface area contributed by atoms with E-state index < -0.39 is 8.38 Å². The van der Waals surface area contributed by atoms with Crippen LogP contribution in [0.15, 0.2) is 11.9 Å². The maximum atomic E-state index is 8.65. The fraction of sp³-hybridized carbons (Fsp3) is 0.714. The van der Waals surface area contributed by atoms with E-state index in [-0.39, 0.29) is 12.1 Å². The summed E-state index contributed by atoms with van der Waals surface area (Å²) >= 11 is 0. The van der Waals surface area contributed by atoms with E-state index in [1.807, 2.05) is 0 Å². The van der Waals surface area contributed by atoms with Crippen LogP contribution in [-0.4, -0.2) is 42.8 Å². The van der Waals surface area contributed by atoms with Gasteiger partial charge in [0, 0.05) is 12.5 Å². The zero-order valence-electron chi connectivity index (χ0n) is 7.26. The molecular formula is C7H13BNO3P. The first-order valence-electron chi connectivity index (χ1n) is 4.15. The Kier molecular flexibility index (Phi) is 4.92. The van der Waals surface area contributed by atoms with E-state index in [1.165, 1.54) is 5.82 Å². The number of hydrogen-bond acceptors (Lipinski definition) is 4. The summed E-state index contributed by atoms with van der Waals surface area (Å²) in [5.74, 6) is 1.33. The quantitative estimate of drug-likeness (QED) is 0.422. The second kappa shape index (κ2) is 5.73. The zero-order valence-corrected chi connectivity index (χ0v) is 8.15. The van der Waals surface area contributed by atoms with Gasteiger partial charge in [0.2, 0.25) is 0 Å². The molecule has 0 saturated carbocycles. The summed E-state index contributed by atoms with van der Waals surface area (Å²) in [6.07, 6.45) is 2.24. The van der Waals surface area contributed by atoms with Crippen LogP contribution in [0.5, 0.6) is 0 Å². The van der Waals surface area contributed by atoms with E-state index in [4.69, 9.17) is 22.4 Å². The molecule has 1 rings (SSSR count). The molecule has 4 nitrogen and oxygen atoms in total. The van der Waals surface area contributed by atoms with Gasteiger partial charge in [0.25, 0.3) is 0 Å². The number of nitrogens with one attached hydrogen (secondary N) is 1. The van der Waals surface area contributed by atoms with Crippen molar-refractivity contribution in [1.29, 1.82) is 0 Å². The number of hydrogen-bond donors (Lipinski definition) is 3. The van der Waals surface area contributed by atoms with Crippen molar-refractivity contribution < 1.29 is 14.5 Å². The van der Waals surface area contributed by atoms with Gasteiger partial charge < -0.3 is 19.8 Å². The van der Waals surface area contributed by atoms with E-state index in [0.29, 0.717) is 6.54 Å². The highest BCUT2D eigenvalue weighted by molar-refractivity contribution is 7.48. The average Bonchev–Trinajstić information content (AvgIpc) is 2.26. The Hall–Kier alpha value is 0.0749. The molecule has 1 aliphatic rings. The predicted octanol–water partition coefficient (Wildman–Crippen LogP) is -0.330. The summed E-state index contributed by atoms with van der Waals surface area (Å²) in [5.41, 5.74) is 0. The van der Waals surface area contributed by atoms with Gasteiger partial charge in [-0.3, -0.25) is 0 Å². The highest BCUT2D eigenvalue weighted by Crippen LogP contribution is 2.24. The molecule has 72 valence electrons. The lowest BCUT2D eigenvalue weighted by molar-refractivity contribution is 0.0727. The maximum Gasteiger partial charge on any atom is 0.191 e. The third-order valence-electron chi connectivity index (χ3n) is 1.73. The van der Waals surface area contributed by atoms with Gasteiger partial charge in [-0.1, -0.05) is 0 Å². The van der Waals surface area contributed by atoms with Crippen molar-refractivity contribution in [2.45, 2.75) is 18.5 Å². The molecule has 0 spiro atoms. The lowest BCUT2D eigenvalue weighted by Crippen LogP contribution is -2.25. The zero-order chi connectivity index (χ0) is 9.68. The third kappa shape index (κ3) is 4.74. The highest BCUT2D eigenvalue weighted by atomic mass is 31.2. The molecule has 2 radical (unpaired) electrons. The molecule has 0 bridgehead atoms. The van der Waals surface area contributed by atoms with Gasteiger partial charge in [0.05, 0.1) is 6.10 Å².